The van der Waals surface area contributed by atoms with E-state index in [-0.39, 0.29) is 17.7 Å². The van der Waals surface area contributed by atoms with Crippen LogP contribution in [0.15, 0.2) is 12.3 Å². The highest BCUT2D eigenvalue weighted by Crippen LogP contribution is 2.36. The van der Waals surface area contributed by atoms with E-state index in [1.54, 1.807) is 0 Å². The lowest BCUT2D eigenvalue weighted by Gasteiger charge is -2.18. The fourth-order valence-corrected chi connectivity index (χ4v) is 2.28. The molecule has 5 N–H and O–H groups in total. The van der Waals surface area contributed by atoms with Crippen LogP contribution in [0.4, 0.5) is 17.6 Å². The summed E-state index contributed by atoms with van der Waals surface area (Å²) in [6.07, 6.45) is 2.29. The van der Waals surface area contributed by atoms with Crippen LogP contribution in [0, 0.1) is 0 Å². The number of ether oxygens (including phenoxy) is 1. The minimum absolute atomic E-state index is 0.119. The van der Waals surface area contributed by atoms with Gasteiger partial charge in [-0.1, -0.05) is 20.8 Å². The fraction of sp³-hybridized carbons (Fsp3) is 0.400. The molecule has 0 aliphatic rings. The van der Waals surface area contributed by atoms with Crippen LogP contribution in [0.1, 0.15) is 37.9 Å². The number of aromatic nitrogens is 3. The van der Waals surface area contributed by atoms with Crippen LogP contribution in [0.5, 0.6) is 11.5 Å². The van der Waals surface area contributed by atoms with Gasteiger partial charge >= 0.3 is 0 Å². The Morgan fingerprint density at radius 1 is 1.23 bits per heavy atom. The number of aryl methyl sites for hydroxylation is 1. The molecule has 0 spiro atoms. The van der Waals surface area contributed by atoms with Gasteiger partial charge in [-0.15, -0.1) is 0 Å². The average Bonchev–Trinajstić information content (AvgIpc) is 2.48. The topological polar surface area (TPSA) is 112 Å². The van der Waals surface area contributed by atoms with Crippen molar-refractivity contribution < 1.29 is 4.74 Å². The predicted octanol–water partition coefficient (Wildman–Crippen LogP) is 2.56. The summed E-state index contributed by atoms with van der Waals surface area (Å²) in [6.45, 7) is 6.27. The van der Waals surface area contributed by atoms with E-state index in [1.165, 1.54) is 6.20 Å². The van der Waals surface area contributed by atoms with E-state index in [0.717, 1.165) is 23.5 Å². The van der Waals surface area contributed by atoms with Crippen LogP contribution in [0.2, 0.25) is 0 Å². The van der Waals surface area contributed by atoms with Crippen molar-refractivity contribution in [1.29, 1.82) is 0 Å². The van der Waals surface area contributed by atoms with Crippen LogP contribution in [-0.4, -0.2) is 22.0 Å². The van der Waals surface area contributed by atoms with Gasteiger partial charge in [0, 0.05) is 24.4 Å². The van der Waals surface area contributed by atoms with Crippen molar-refractivity contribution in [1.82, 2.24) is 15.0 Å². The van der Waals surface area contributed by atoms with E-state index >= 15 is 0 Å². The molecule has 0 unspecified atom stereocenters. The van der Waals surface area contributed by atoms with Crippen molar-refractivity contribution in [2.45, 2.75) is 33.1 Å². The lowest BCUT2D eigenvalue weighted by molar-refractivity contribution is 0.469. The standard InChI is InChI=1S/C15H22N6O/c1-5-9-13(8(2)3)10(6-12(18-4)20-9)22-11-7-19-15(17)21-14(11)16/h6-8H,5H2,1-4H3,(H,18,20)(H4,16,17,19,21). The Kier molecular flexibility index (Phi) is 4.65. The minimum Gasteiger partial charge on any atom is -0.451 e. The first-order valence-electron chi connectivity index (χ1n) is 7.23. The molecule has 2 aromatic rings. The summed E-state index contributed by atoms with van der Waals surface area (Å²) in [5.41, 5.74) is 13.4. The lowest BCUT2D eigenvalue weighted by atomic mass is 9.98. The van der Waals surface area contributed by atoms with E-state index in [9.17, 15) is 0 Å². The van der Waals surface area contributed by atoms with Crippen molar-refractivity contribution in [3.8, 4) is 11.5 Å². The molecule has 0 saturated carbocycles. The molecule has 0 amide bonds. The van der Waals surface area contributed by atoms with Gasteiger partial charge < -0.3 is 21.5 Å². The first-order chi connectivity index (χ1) is 10.5. The zero-order chi connectivity index (χ0) is 16.3. The maximum absolute atomic E-state index is 5.96. The van der Waals surface area contributed by atoms with E-state index in [2.05, 4.69) is 41.0 Å². The first-order valence-corrected chi connectivity index (χ1v) is 7.23. The monoisotopic (exact) mass is 302 g/mol. The molecule has 2 aromatic heterocycles. The Hall–Kier alpha value is -2.57. The molecular weight excluding hydrogens is 280 g/mol. The second kappa shape index (κ2) is 6.46. The number of pyridine rings is 1. The maximum atomic E-state index is 5.96. The Morgan fingerprint density at radius 3 is 2.50 bits per heavy atom. The summed E-state index contributed by atoms with van der Waals surface area (Å²) < 4.78 is 5.96. The zero-order valence-electron chi connectivity index (χ0n) is 13.3. The summed E-state index contributed by atoms with van der Waals surface area (Å²) >= 11 is 0. The predicted molar refractivity (Wildman–Crippen MR) is 88.2 cm³/mol. The van der Waals surface area contributed by atoms with Crippen LogP contribution in [0.25, 0.3) is 0 Å². The molecule has 2 rings (SSSR count). The third-order valence-corrected chi connectivity index (χ3v) is 3.29. The zero-order valence-corrected chi connectivity index (χ0v) is 13.3. The van der Waals surface area contributed by atoms with E-state index < -0.39 is 0 Å². The summed E-state index contributed by atoms with van der Waals surface area (Å²) in [7, 11) is 1.82. The number of nitrogen functional groups attached to an aromatic ring is 2. The van der Waals surface area contributed by atoms with Crippen LogP contribution in [0.3, 0.4) is 0 Å². The normalized spacial score (nSPS) is 10.8. The number of nitrogens with zero attached hydrogens (tertiary/aromatic N) is 3. The molecular formula is C15H22N6O. The highest BCUT2D eigenvalue weighted by molar-refractivity contribution is 5.54. The quantitative estimate of drug-likeness (QED) is 0.778. The molecule has 0 atom stereocenters. The molecule has 0 saturated heterocycles. The molecule has 0 aromatic carbocycles. The molecule has 0 aliphatic heterocycles. The van der Waals surface area contributed by atoms with Crippen LogP contribution in [-0.2, 0) is 6.42 Å². The van der Waals surface area contributed by atoms with Crippen molar-refractivity contribution >= 4 is 17.6 Å². The highest BCUT2D eigenvalue weighted by atomic mass is 16.5. The molecule has 7 nitrogen and oxygen atoms in total. The second-order valence-electron chi connectivity index (χ2n) is 5.20. The van der Waals surface area contributed by atoms with Crippen molar-refractivity contribution in [2.24, 2.45) is 0 Å². The van der Waals surface area contributed by atoms with Crippen LogP contribution >= 0.6 is 0 Å². The number of anilines is 3. The van der Waals surface area contributed by atoms with Gasteiger partial charge in [0.2, 0.25) is 5.95 Å². The fourth-order valence-electron chi connectivity index (χ4n) is 2.28. The smallest absolute Gasteiger partial charge is 0.222 e. The van der Waals surface area contributed by atoms with Crippen LogP contribution < -0.4 is 21.5 Å². The maximum Gasteiger partial charge on any atom is 0.222 e. The molecule has 118 valence electrons. The largest absolute Gasteiger partial charge is 0.451 e. The molecule has 2 heterocycles. The Balaban J connectivity index is 2.52. The van der Waals surface area contributed by atoms with E-state index in [0.29, 0.717) is 11.5 Å². The van der Waals surface area contributed by atoms with Crippen molar-refractivity contribution in [2.75, 3.05) is 23.8 Å². The summed E-state index contributed by atoms with van der Waals surface area (Å²) in [4.78, 5) is 12.4. The van der Waals surface area contributed by atoms with Gasteiger partial charge in [-0.05, 0) is 12.3 Å². The molecule has 0 bridgehead atoms. The van der Waals surface area contributed by atoms with Gasteiger partial charge in [0.1, 0.15) is 11.6 Å². The van der Waals surface area contributed by atoms with Gasteiger partial charge in [0.05, 0.1) is 6.20 Å². The average molecular weight is 302 g/mol. The van der Waals surface area contributed by atoms with E-state index in [1.807, 2.05) is 13.1 Å². The van der Waals surface area contributed by atoms with Gasteiger partial charge in [0.25, 0.3) is 0 Å². The molecule has 7 heteroatoms. The highest BCUT2D eigenvalue weighted by Gasteiger charge is 2.17. The SMILES string of the molecule is CCc1nc(NC)cc(Oc2cnc(N)nc2N)c1C(C)C. The van der Waals surface area contributed by atoms with Crippen molar-refractivity contribution in [3.63, 3.8) is 0 Å². The van der Waals surface area contributed by atoms with Gasteiger partial charge in [-0.25, -0.2) is 9.97 Å². The Bertz CT molecular complexity index is 671. The Morgan fingerprint density at radius 2 is 1.95 bits per heavy atom. The van der Waals surface area contributed by atoms with Gasteiger partial charge in [0.15, 0.2) is 11.6 Å². The summed E-state index contributed by atoms with van der Waals surface area (Å²) in [6, 6.07) is 1.85. The Labute approximate surface area is 130 Å². The summed E-state index contributed by atoms with van der Waals surface area (Å²) in [5.74, 6) is 2.42. The van der Waals surface area contributed by atoms with Crippen molar-refractivity contribution in [3.05, 3.63) is 23.5 Å². The van der Waals surface area contributed by atoms with Gasteiger partial charge in [-0.2, -0.15) is 4.98 Å². The molecule has 22 heavy (non-hydrogen) atoms. The number of rotatable bonds is 5. The number of nitrogens with one attached hydrogen (secondary N) is 1. The van der Waals surface area contributed by atoms with Gasteiger partial charge in [-0.3, -0.25) is 0 Å². The lowest BCUT2D eigenvalue weighted by Crippen LogP contribution is -2.07. The second-order valence-corrected chi connectivity index (χ2v) is 5.20. The minimum atomic E-state index is 0.119. The molecule has 0 aliphatic carbocycles. The number of hydrogen-bond acceptors (Lipinski definition) is 7. The number of nitrogens with two attached hydrogens (primary N) is 2. The summed E-state index contributed by atoms with van der Waals surface area (Å²) in [5, 5.41) is 3.04. The third kappa shape index (κ3) is 3.19. The third-order valence-electron chi connectivity index (χ3n) is 3.29. The van der Waals surface area contributed by atoms with E-state index in [4.69, 9.17) is 16.2 Å². The molecule has 0 fully saturated rings. The first kappa shape index (κ1) is 15.8. The number of hydrogen-bond donors (Lipinski definition) is 3. The molecule has 0 radical (unpaired) electrons.